The van der Waals surface area contributed by atoms with E-state index in [0.29, 0.717) is 12.1 Å². The van der Waals surface area contributed by atoms with Crippen LogP contribution >= 0.6 is 34.8 Å². The Labute approximate surface area is 132 Å². The van der Waals surface area contributed by atoms with Crippen molar-refractivity contribution in [1.29, 1.82) is 0 Å². The van der Waals surface area contributed by atoms with E-state index in [1.165, 1.54) is 0 Å². The molecular formula is C10H2Cl3F7O2. The number of rotatable bonds is 3. The van der Waals surface area contributed by atoms with Crippen molar-refractivity contribution in [2.45, 2.75) is 12.5 Å². The van der Waals surface area contributed by atoms with Crippen molar-refractivity contribution >= 4 is 34.8 Å². The van der Waals surface area contributed by atoms with Gasteiger partial charge in [0.2, 0.25) is 0 Å². The number of hydrogen-bond donors (Lipinski definition) is 0. The van der Waals surface area contributed by atoms with Gasteiger partial charge in [-0.25, -0.2) is 0 Å². The van der Waals surface area contributed by atoms with Crippen molar-refractivity contribution in [3.8, 4) is 5.75 Å². The number of halogens is 10. The van der Waals surface area contributed by atoms with E-state index in [0.717, 1.165) is 0 Å². The van der Waals surface area contributed by atoms with Gasteiger partial charge in [0, 0.05) is 12.1 Å². The predicted molar refractivity (Wildman–Crippen MR) is 63.4 cm³/mol. The van der Waals surface area contributed by atoms with E-state index < -0.39 is 30.1 Å². The third-order valence-corrected chi connectivity index (χ3v) is 3.02. The molecule has 0 atom stereocenters. The SMILES string of the molecule is F/C(OC(F)(F)F)=C(\Oc1cc(Cl)c(Cl)c(Cl)c1)C(F)(F)F. The summed E-state index contributed by atoms with van der Waals surface area (Å²) in [5.74, 6) is -3.47. The second kappa shape index (κ2) is 6.59. The second-order valence-corrected chi connectivity index (χ2v) is 4.64. The highest BCUT2D eigenvalue weighted by Crippen LogP contribution is 2.38. The van der Waals surface area contributed by atoms with Gasteiger partial charge in [-0.3, -0.25) is 0 Å². The zero-order valence-electron chi connectivity index (χ0n) is 9.75. The quantitative estimate of drug-likeness (QED) is 0.343. The van der Waals surface area contributed by atoms with Gasteiger partial charge < -0.3 is 9.47 Å². The van der Waals surface area contributed by atoms with Gasteiger partial charge in [-0.05, 0) is 0 Å². The topological polar surface area (TPSA) is 18.5 Å². The van der Waals surface area contributed by atoms with Gasteiger partial charge in [-0.1, -0.05) is 34.8 Å². The molecule has 12 heteroatoms. The molecule has 1 rings (SSSR count). The van der Waals surface area contributed by atoms with Gasteiger partial charge in [-0.2, -0.15) is 17.6 Å². The molecule has 2 nitrogen and oxygen atoms in total. The summed E-state index contributed by atoms with van der Waals surface area (Å²) in [5, 5.41) is -0.953. The van der Waals surface area contributed by atoms with E-state index in [-0.39, 0.29) is 15.1 Å². The van der Waals surface area contributed by atoms with Crippen LogP contribution in [0.5, 0.6) is 5.75 Å². The fraction of sp³-hybridized carbons (Fsp3) is 0.200. The predicted octanol–water partition coefficient (Wildman–Crippen LogP) is 6.26. The summed E-state index contributed by atoms with van der Waals surface area (Å²) >= 11 is 16.5. The molecule has 1 aromatic carbocycles. The molecule has 0 N–H and O–H groups in total. The van der Waals surface area contributed by atoms with Gasteiger partial charge in [-0.15, -0.1) is 13.2 Å². The lowest BCUT2D eigenvalue weighted by Gasteiger charge is -2.15. The Morgan fingerprint density at radius 2 is 1.36 bits per heavy atom. The highest BCUT2D eigenvalue weighted by molar-refractivity contribution is 6.48. The standard InChI is InChI=1S/C10H2Cl3F7O2/c11-4-1-3(2-5(12)6(4)13)21-7(9(15,16)17)8(14)22-10(18,19)20/h1-2H/b8-7+. The Morgan fingerprint density at radius 3 is 1.73 bits per heavy atom. The minimum atomic E-state index is -5.68. The number of benzene rings is 1. The normalized spacial score (nSPS) is 13.7. The number of ether oxygens (including phenoxy) is 2. The number of hydrogen-bond acceptors (Lipinski definition) is 2. The molecular weight excluding hydrogens is 391 g/mol. The van der Waals surface area contributed by atoms with Crippen LogP contribution in [0.25, 0.3) is 0 Å². The molecule has 0 aliphatic carbocycles. The monoisotopic (exact) mass is 392 g/mol. The molecule has 0 saturated heterocycles. The largest absolute Gasteiger partial charge is 0.574 e. The van der Waals surface area contributed by atoms with Crippen molar-refractivity contribution < 1.29 is 40.2 Å². The summed E-state index contributed by atoms with van der Waals surface area (Å²) in [7, 11) is 0. The van der Waals surface area contributed by atoms with E-state index in [2.05, 4.69) is 9.47 Å². The maximum atomic E-state index is 13.0. The van der Waals surface area contributed by atoms with Crippen molar-refractivity contribution in [3.05, 3.63) is 39.0 Å². The van der Waals surface area contributed by atoms with Gasteiger partial charge in [0.1, 0.15) is 5.75 Å². The van der Waals surface area contributed by atoms with E-state index in [4.69, 9.17) is 34.8 Å². The van der Waals surface area contributed by atoms with Gasteiger partial charge in [0.05, 0.1) is 15.1 Å². The molecule has 0 unspecified atom stereocenters. The van der Waals surface area contributed by atoms with Gasteiger partial charge in [0.25, 0.3) is 5.76 Å². The molecule has 1 aromatic rings. The molecule has 0 aromatic heterocycles. The molecule has 0 amide bonds. The molecule has 124 valence electrons. The second-order valence-electron chi connectivity index (χ2n) is 3.45. The molecule has 0 aliphatic heterocycles. The minimum absolute atomic E-state index is 0.236. The van der Waals surface area contributed by atoms with Crippen LogP contribution < -0.4 is 4.74 Å². The van der Waals surface area contributed by atoms with Crippen molar-refractivity contribution in [2.24, 2.45) is 0 Å². The summed E-state index contributed by atoms with van der Waals surface area (Å²) < 4.78 is 92.6. The summed E-state index contributed by atoms with van der Waals surface area (Å²) in [6, 6.07) is -1.63. The Bertz CT molecular complexity index is 572. The molecule has 0 fully saturated rings. The molecule has 0 heterocycles. The first-order valence-corrected chi connectivity index (χ1v) is 5.99. The number of allylic oxidation sites excluding steroid dienone is 1. The highest BCUT2D eigenvalue weighted by atomic mass is 35.5. The van der Waals surface area contributed by atoms with E-state index in [1.54, 1.807) is 0 Å². The average molecular weight is 393 g/mol. The molecule has 0 saturated carbocycles. The summed E-state index contributed by atoms with van der Waals surface area (Å²) in [4.78, 5) is 0. The molecule has 0 aliphatic rings. The third kappa shape index (κ3) is 5.29. The Hall–Kier alpha value is -1.06. The Balaban J connectivity index is 3.24. The average Bonchev–Trinajstić information content (AvgIpc) is 2.29. The van der Waals surface area contributed by atoms with Crippen LogP contribution in [0.1, 0.15) is 0 Å². The van der Waals surface area contributed by atoms with Crippen LogP contribution in [0.15, 0.2) is 23.9 Å². The summed E-state index contributed by atoms with van der Waals surface area (Å²) in [6.45, 7) is 0. The molecule has 22 heavy (non-hydrogen) atoms. The minimum Gasteiger partial charge on any atom is -0.447 e. The summed E-state index contributed by atoms with van der Waals surface area (Å²) in [5.41, 5.74) is 0. The molecule has 0 bridgehead atoms. The van der Waals surface area contributed by atoms with Crippen LogP contribution in [0, 0.1) is 0 Å². The summed E-state index contributed by atoms with van der Waals surface area (Å²) in [6.07, 6.45) is -11.3. The first-order chi connectivity index (χ1) is 9.81. The molecule has 0 spiro atoms. The lowest BCUT2D eigenvalue weighted by molar-refractivity contribution is -0.316. The van der Waals surface area contributed by atoms with Gasteiger partial charge in [0.15, 0.2) is 0 Å². The number of alkyl halides is 6. The molecule has 0 radical (unpaired) electrons. The lowest BCUT2D eigenvalue weighted by Crippen LogP contribution is -2.22. The van der Waals surface area contributed by atoms with Crippen LogP contribution in [0.3, 0.4) is 0 Å². The van der Waals surface area contributed by atoms with Crippen molar-refractivity contribution in [2.75, 3.05) is 0 Å². The zero-order valence-corrected chi connectivity index (χ0v) is 12.0. The lowest BCUT2D eigenvalue weighted by atomic mass is 10.3. The Morgan fingerprint density at radius 1 is 0.909 bits per heavy atom. The van der Waals surface area contributed by atoms with E-state index >= 15 is 0 Å². The van der Waals surface area contributed by atoms with Crippen molar-refractivity contribution in [1.82, 2.24) is 0 Å². The maximum Gasteiger partial charge on any atom is 0.574 e. The van der Waals surface area contributed by atoms with E-state index in [1.807, 2.05) is 0 Å². The van der Waals surface area contributed by atoms with Crippen LogP contribution in [-0.2, 0) is 4.74 Å². The van der Waals surface area contributed by atoms with Crippen LogP contribution in [0.2, 0.25) is 15.1 Å². The fourth-order valence-corrected chi connectivity index (χ4v) is 1.64. The third-order valence-electron chi connectivity index (χ3n) is 1.82. The fourth-order valence-electron chi connectivity index (χ4n) is 1.07. The van der Waals surface area contributed by atoms with Crippen LogP contribution in [0.4, 0.5) is 30.7 Å². The zero-order chi connectivity index (χ0) is 17.3. The van der Waals surface area contributed by atoms with E-state index in [9.17, 15) is 30.7 Å². The Kier molecular flexibility index (Phi) is 5.69. The first-order valence-electron chi connectivity index (χ1n) is 4.86. The smallest absolute Gasteiger partial charge is 0.447 e. The highest BCUT2D eigenvalue weighted by Gasteiger charge is 2.45. The van der Waals surface area contributed by atoms with Crippen molar-refractivity contribution in [3.63, 3.8) is 0 Å². The first kappa shape index (κ1) is 19.0. The van der Waals surface area contributed by atoms with Gasteiger partial charge >= 0.3 is 18.6 Å². The van der Waals surface area contributed by atoms with Crippen LogP contribution in [-0.4, -0.2) is 12.5 Å². The maximum absolute atomic E-state index is 13.0.